The molecule has 0 aromatic rings. The second-order valence-electron chi connectivity index (χ2n) is 19.2. The average molecular weight is 877 g/mol. The molecule has 0 amide bonds. The summed E-state index contributed by atoms with van der Waals surface area (Å²) < 4.78 is 16.8. The van der Waals surface area contributed by atoms with Crippen LogP contribution in [-0.4, -0.2) is 37.2 Å². The first-order chi connectivity index (χ1) is 30.5. The summed E-state index contributed by atoms with van der Waals surface area (Å²) in [7, 11) is 0. The normalized spacial score (nSPS) is 11.9. The standard InChI is InChI=1S/C56H108O6/c1-4-7-10-13-16-18-20-22-23-24-25-26-27-28-29-30-31-32-34-35-37-40-43-46-49-55(58)61-52-53(51-60-54(57)48-45-42-39-15-12-9-6-3)62-56(59)50-47-44-41-38-36-33-21-19-17-14-11-8-5-2/h53H,4-52H2,1-3H3. The Balaban J connectivity index is 4.05. The van der Waals surface area contributed by atoms with Crippen molar-refractivity contribution in [1.29, 1.82) is 0 Å². The molecule has 368 valence electrons. The molecule has 0 aromatic heterocycles. The first-order valence-corrected chi connectivity index (χ1v) is 28.0. The second kappa shape index (κ2) is 52.0. The highest BCUT2D eigenvalue weighted by molar-refractivity contribution is 5.71. The van der Waals surface area contributed by atoms with Gasteiger partial charge in [-0.2, -0.15) is 0 Å². The summed E-state index contributed by atoms with van der Waals surface area (Å²) in [5, 5.41) is 0. The van der Waals surface area contributed by atoms with Gasteiger partial charge in [-0.05, 0) is 19.3 Å². The van der Waals surface area contributed by atoms with Gasteiger partial charge in [0.1, 0.15) is 13.2 Å². The Morgan fingerprint density at radius 1 is 0.258 bits per heavy atom. The molecule has 0 aliphatic carbocycles. The van der Waals surface area contributed by atoms with E-state index in [0.29, 0.717) is 19.3 Å². The van der Waals surface area contributed by atoms with Gasteiger partial charge in [0.2, 0.25) is 0 Å². The van der Waals surface area contributed by atoms with Crippen molar-refractivity contribution in [2.24, 2.45) is 0 Å². The van der Waals surface area contributed by atoms with Gasteiger partial charge >= 0.3 is 17.9 Å². The average Bonchev–Trinajstić information content (AvgIpc) is 3.27. The molecular weight excluding hydrogens is 769 g/mol. The Hall–Kier alpha value is -1.59. The van der Waals surface area contributed by atoms with E-state index in [9.17, 15) is 14.4 Å². The minimum absolute atomic E-state index is 0.0622. The van der Waals surface area contributed by atoms with Crippen LogP contribution in [0, 0.1) is 0 Å². The first kappa shape index (κ1) is 60.4. The number of carbonyl (C=O) groups excluding carboxylic acids is 3. The van der Waals surface area contributed by atoms with Crippen LogP contribution in [0.25, 0.3) is 0 Å². The van der Waals surface area contributed by atoms with Gasteiger partial charge in [-0.3, -0.25) is 14.4 Å². The zero-order valence-electron chi connectivity index (χ0n) is 42.2. The zero-order chi connectivity index (χ0) is 45.1. The number of hydrogen-bond acceptors (Lipinski definition) is 6. The molecule has 0 saturated carbocycles. The molecule has 0 N–H and O–H groups in total. The lowest BCUT2D eigenvalue weighted by Gasteiger charge is -2.18. The molecule has 0 aliphatic rings. The van der Waals surface area contributed by atoms with Crippen molar-refractivity contribution >= 4 is 17.9 Å². The molecule has 0 aromatic carbocycles. The smallest absolute Gasteiger partial charge is 0.306 e. The monoisotopic (exact) mass is 877 g/mol. The molecular formula is C56H108O6. The molecule has 0 radical (unpaired) electrons. The van der Waals surface area contributed by atoms with Crippen molar-refractivity contribution in [3.8, 4) is 0 Å². The maximum Gasteiger partial charge on any atom is 0.306 e. The van der Waals surface area contributed by atoms with E-state index < -0.39 is 6.10 Å². The molecule has 1 unspecified atom stereocenters. The number of esters is 3. The summed E-state index contributed by atoms with van der Waals surface area (Å²) in [6, 6.07) is 0. The van der Waals surface area contributed by atoms with Crippen LogP contribution in [-0.2, 0) is 28.6 Å². The summed E-state index contributed by atoms with van der Waals surface area (Å²) in [5.74, 6) is -0.847. The zero-order valence-corrected chi connectivity index (χ0v) is 42.2. The van der Waals surface area contributed by atoms with Crippen LogP contribution in [0.1, 0.15) is 323 Å². The Bertz CT molecular complexity index is 920. The Kier molecular flexibility index (Phi) is 50.7. The van der Waals surface area contributed by atoms with Crippen molar-refractivity contribution in [2.45, 2.75) is 329 Å². The van der Waals surface area contributed by atoms with Crippen LogP contribution in [0.15, 0.2) is 0 Å². The fourth-order valence-corrected chi connectivity index (χ4v) is 8.62. The van der Waals surface area contributed by atoms with Crippen LogP contribution in [0.3, 0.4) is 0 Å². The van der Waals surface area contributed by atoms with E-state index in [1.807, 2.05) is 0 Å². The number of unbranched alkanes of at least 4 members (excludes halogenated alkanes) is 41. The molecule has 0 aliphatic heterocycles. The van der Waals surface area contributed by atoms with E-state index >= 15 is 0 Å². The van der Waals surface area contributed by atoms with Gasteiger partial charge in [-0.1, -0.05) is 284 Å². The lowest BCUT2D eigenvalue weighted by atomic mass is 10.0. The second-order valence-corrected chi connectivity index (χ2v) is 19.2. The fourth-order valence-electron chi connectivity index (χ4n) is 8.62. The Morgan fingerprint density at radius 3 is 0.645 bits per heavy atom. The van der Waals surface area contributed by atoms with E-state index in [4.69, 9.17) is 14.2 Å². The van der Waals surface area contributed by atoms with Crippen LogP contribution in [0.4, 0.5) is 0 Å². The lowest BCUT2D eigenvalue weighted by Crippen LogP contribution is -2.30. The third-order valence-electron chi connectivity index (χ3n) is 12.9. The molecule has 6 heteroatoms. The van der Waals surface area contributed by atoms with Gasteiger partial charge in [-0.25, -0.2) is 0 Å². The molecule has 0 heterocycles. The minimum atomic E-state index is -0.759. The van der Waals surface area contributed by atoms with E-state index in [1.165, 1.54) is 225 Å². The van der Waals surface area contributed by atoms with Crippen molar-refractivity contribution in [3.05, 3.63) is 0 Å². The van der Waals surface area contributed by atoms with Crippen LogP contribution >= 0.6 is 0 Å². The number of carbonyl (C=O) groups is 3. The van der Waals surface area contributed by atoms with E-state index in [0.717, 1.165) is 57.8 Å². The summed E-state index contributed by atoms with van der Waals surface area (Å²) >= 11 is 0. The molecule has 0 fully saturated rings. The molecule has 0 rings (SSSR count). The highest BCUT2D eigenvalue weighted by Crippen LogP contribution is 2.18. The molecule has 0 bridgehead atoms. The third kappa shape index (κ3) is 49.4. The highest BCUT2D eigenvalue weighted by Gasteiger charge is 2.19. The Labute approximate surface area is 387 Å². The number of rotatable bonds is 52. The van der Waals surface area contributed by atoms with E-state index in [1.54, 1.807) is 0 Å². The van der Waals surface area contributed by atoms with Gasteiger partial charge in [0, 0.05) is 19.3 Å². The van der Waals surface area contributed by atoms with Crippen LogP contribution < -0.4 is 0 Å². The van der Waals surface area contributed by atoms with E-state index in [2.05, 4.69) is 20.8 Å². The topological polar surface area (TPSA) is 78.9 Å². The summed E-state index contributed by atoms with van der Waals surface area (Å²) in [6.45, 7) is 6.65. The Morgan fingerprint density at radius 2 is 0.435 bits per heavy atom. The van der Waals surface area contributed by atoms with Crippen molar-refractivity contribution in [2.75, 3.05) is 13.2 Å². The van der Waals surface area contributed by atoms with Crippen molar-refractivity contribution in [1.82, 2.24) is 0 Å². The largest absolute Gasteiger partial charge is 0.462 e. The quantitative estimate of drug-likeness (QED) is 0.0344. The lowest BCUT2D eigenvalue weighted by molar-refractivity contribution is -0.167. The number of ether oxygens (including phenoxy) is 3. The number of hydrogen-bond donors (Lipinski definition) is 0. The van der Waals surface area contributed by atoms with E-state index in [-0.39, 0.29) is 31.1 Å². The predicted molar refractivity (Wildman–Crippen MR) is 266 cm³/mol. The molecule has 6 nitrogen and oxygen atoms in total. The van der Waals surface area contributed by atoms with Crippen molar-refractivity contribution in [3.63, 3.8) is 0 Å². The highest BCUT2D eigenvalue weighted by atomic mass is 16.6. The minimum Gasteiger partial charge on any atom is -0.462 e. The van der Waals surface area contributed by atoms with Gasteiger partial charge < -0.3 is 14.2 Å². The molecule has 1 atom stereocenters. The fraction of sp³-hybridized carbons (Fsp3) is 0.946. The molecule has 0 saturated heterocycles. The van der Waals surface area contributed by atoms with Gasteiger partial charge in [-0.15, -0.1) is 0 Å². The predicted octanol–water partition coefficient (Wildman–Crippen LogP) is 18.4. The van der Waals surface area contributed by atoms with Gasteiger partial charge in [0.25, 0.3) is 0 Å². The molecule has 62 heavy (non-hydrogen) atoms. The summed E-state index contributed by atoms with van der Waals surface area (Å²) in [6.07, 6.45) is 56.9. The third-order valence-corrected chi connectivity index (χ3v) is 12.9. The van der Waals surface area contributed by atoms with Crippen molar-refractivity contribution < 1.29 is 28.6 Å². The van der Waals surface area contributed by atoms with Gasteiger partial charge in [0.05, 0.1) is 0 Å². The first-order valence-electron chi connectivity index (χ1n) is 28.0. The van der Waals surface area contributed by atoms with Gasteiger partial charge in [0.15, 0.2) is 6.10 Å². The maximum absolute atomic E-state index is 12.7. The van der Waals surface area contributed by atoms with Crippen LogP contribution in [0.5, 0.6) is 0 Å². The maximum atomic E-state index is 12.7. The molecule has 0 spiro atoms. The van der Waals surface area contributed by atoms with Crippen LogP contribution in [0.2, 0.25) is 0 Å². The summed E-state index contributed by atoms with van der Waals surface area (Å²) in [4.78, 5) is 37.8. The SMILES string of the molecule is CCCCCCCCCCCCCCCCCCCCCCCCCCC(=O)OCC(COC(=O)CCCCCCCCC)OC(=O)CCCCCCCCCCCCCCC. The summed E-state index contributed by atoms with van der Waals surface area (Å²) in [5.41, 5.74) is 0.